The molecule has 3 aromatic rings. The van der Waals surface area contributed by atoms with Crippen molar-refractivity contribution in [3.8, 4) is 5.88 Å². The van der Waals surface area contributed by atoms with Crippen LogP contribution in [0.1, 0.15) is 6.42 Å². The molecule has 1 aromatic heterocycles. The largest absolute Gasteiger partial charge is 0.480 e. The highest BCUT2D eigenvalue weighted by atomic mass is 16.5. The van der Waals surface area contributed by atoms with Gasteiger partial charge in [0.05, 0.1) is 5.52 Å². The Morgan fingerprint density at radius 1 is 1.09 bits per heavy atom. The number of hydrogen-bond acceptors (Lipinski definition) is 4. The van der Waals surface area contributed by atoms with Crippen LogP contribution in [0.4, 0.5) is 0 Å². The van der Waals surface area contributed by atoms with E-state index in [1.807, 2.05) is 42.5 Å². The zero-order valence-electron chi connectivity index (χ0n) is 12.4. The quantitative estimate of drug-likeness (QED) is 0.728. The van der Waals surface area contributed by atoms with Gasteiger partial charge in [-0.25, -0.2) is 4.98 Å². The molecule has 1 saturated heterocycles. The van der Waals surface area contributed by atoms with E-state index in [2.05, 4.69) is 16.4 Å². The second-order valence-corrected chi connectivity index (χ2v) is 5.75. The first kappa shape index (κ1) is 14.0. The SMILES string of the molecule is O=C(O)C1CC(Oc2nc3ccccc3c3ccccc23)CN1. The first-order valence-corrected chi connectivity index (χ1v) is 7.63. The highest BCUT2D eigenvalue weighted by Crippen LogP contribution is 2.31. The first-order chi connectivity index (χ1) is 11.2. The minimum atomic E-state index is -0.840. The van der Waals surface area contributed by atoms with Crippen LogP contribution in [-0.2, 0) is 4.79 Å². The molecule has 116 valence electrons. The van der Waals surface area contributed by atoms with Gasteiger partial charge in [-0.2, -0.15) is 0 Å². The first-order valence-electron chi connectivity index (χ1n) is 7.63. The van der Waals surface area contributed by atoms with E-state index in [1.165, 1.54) is 0 Å². The molecule has 0 bridgehead atoms. The maximum Gasteiger partial charge on any atom is 0.320 e. The molecule has 0 spiro atoms. The van der Waals surface area contributed by atoms with Crippen molar-refractivity contribution in [2.24, 2.45) is 0 Å². The molecule has 1 aliphatic heterocycles. The van der Waals surface area contributed by atoms with Crippen LogP contribution in [0.25, 0.3) is 21.7 Å². The van der Waals surface area contributed by atoms with Gasteiger partial charge in [-0.3, -0.25) is 4.79 Å². The summed E-state index contributed by atoms with van der Waals surface area (Å²) in [5, 5.41) is 15.2. The molecule has 2 N–H and O–H groups in total. The number of fused-ring (bicyclic) bond motifs is 3. The second kappa shape index (κ2) is 5.52. The average Bonchev–Trinajstić information content (AvgIpc) is 3.04. The summed E-state index contributed by atoms with van der Waals surface area (Å²) < 4.78 is 6.04. The second-order valence-electron chi connectivity index (χ2n) is 5.75. The summed E-state index contributed by atoms with van der Waals surface area (Å²) in [4.78, 5) is 15.7. The number of nitrogens with zero attached hydrogens (tertiary/aromatic N) is 1. The van der Waals surface area contributed by atoms with E-state index in [4.69, 9.17) is 9.84 Å². The minimum Gasteiger partial charge on any atom is -0.480 e. The Morgan fingerprint density at radius 2 is 1.78 bits per heavy atom. The van der Waals surface area contributed by atoms with Crippen molar-refractivity contribution in [2.75, 3.05) is 6.54 Å². The number of carboxylic acids is 1. The van der Waals surface area contributed by atoms with Gasteiger partial charge in [0.1, 0.15) is 12.1 Å². The van der Waals surface area contributed by atoms with Crippen molar-refractivity contribution in [1.82, 2.24) is 10.3 Å². The summed E-state index contributed by atoms with van der Waals surface area (Å²) in [5.41, 5.74) is 0.877. The number of nitrogens with one attached hydrogen (secondary N) is 1. The van der Waals surface area contributed by atoms with Crippen LogP contribution in [0.3, 0.4) is 0 Å². The molecular formula is C18H16N2O3. The summed E-state index contributed by atoms with van der Waals surface area (Å²) in [6.45, 7) is 0.514. The molecule has 4 rings (SSSR count). The van der Waals surface area contributed by atoms with E-state index in [0.29, 0.717) is 18.8 Å². The lowest BCUT2D eigenvalue weighted by Gasteiger charge is -2.15. The number of aromatic nitrogens is 1. The van der Waals surface area contributed by atoms with E-state index < -0.39 is 12.0 Å². The molecule has 5 heteroatoms. The fourth-order valence-corrected chi connectivity index (χ4v) is 3.10. The van der Waals surface area contributed by atoms with Crippen LogP contribution >= 0.6 is 0 Å². The van der Waals surface area contributed by atoms with E-state index in [1.54, 1.807) is 0 Å². The molecule has 2 atom stereocenters. The normalized spacial score (nSPS) is 20.9. The number of rotatable bonds is 3. The van der Waals surface area contributed by atoms with Crippen molar-refractivity contribution >= 4 is 27.6 Å². The molecule has 0 saturated carbocycles. The van der Waals surface area contributed by atoms with Crippen molar-refractivity contribution in [2.45, 2.75) is 18.6 Å². The third-order valence-corrected chi connectivity index (χ3v) is 4.24. The van der Waals surface area contributed by atoms with Crippen LogP contribution in [0.5, 0.6) is 5.88 Å². The van der Waals surface area contributed by atoms with Gasteiger partial charge in [-0.1, -0.05) is 36.4 Å². The third kappa shape index (κ3) is 2.49. The van der Waals surface area contributed by atoms with E-state index in [9.17, 15) is 4.79 Å². The summed E-state index contributed by atoms with van der Waals surface area (Å²) >= 11 is 0. The van der Waals surface area contributed by atoms with Gasteiger partial charge in [0.25, 0.3) is 0 Å². The zero-order valence-corrected chi connectivity index (χ0v) is 12.4. The monoisotopic (exact) mass is 308 g/mol. The third-order valence-electron chi connectivity index (χ3n) is 4.24. The summed E-state index contributed by atoms with van der Waals surface area (Å²) in [6, 6.07) is 15.4. The lowest BCUT2D eigenvalue weighted by atomic mass is 10.1. The Morgan fingerprint density at radius 3 is 2.52 bits per heavy atom. The predicted molar refractivity (Wildman–Crippen MR) is 87.7 cm³/mol. The molecule has 0 aliphatic carbocycles. The number of hydrogen-bond donors (Lipinski definition) is 2. The number of carbonyl (C=O) groups is 1. The lowest BCUT2D eigenvalue weighted by molar-refractivity contribution is -0.139. The minimum absolute atomic E-state index is 0.187. The Balaban J connectivity index is 1.75. The molecule has 2 unspecified atom stereocenters. The summed E-state index contributed by atoms with van der Waals surface area (Å²) in [5.74, 6) is -0.274. The Kier molecular flexibility index (Phi) is 3.35. The van der Waals surface area contributed by atoms with Gasteiger partial charge >= 0.3 is 5.97 Å². The van der Waals surface area contributed by atoms with Crippen LogP contribution in [0.2, 0.25) is 0 Å². The van der Waals surface area contributed by atoms with E-state index >= 15 is 0 Å². The maximum atomic E-state index is 11.1. The average molecular weight is 308 g/mol. The number of pyridine rings is 1. The van der Waals surface area contributed by atoms with E-state index in [-0.39, 0.29) is 6.10 Å². The molecule has 0 radical (unpaired) electrons. The van der Waals surface area contributed by atoms with Crippen LogP contribution in [0.15, 0.2) is 48.5 Å². The highest BCUT2D eigenvalue weighted by Gasteiger charge is 2.31. The Hall–Kier alpha value is -2.66. The lowest BCUT2D eigenvalue weighted by Crippen LogP contribution is -2.30. The number of para-hydroxylation sites is 1. The van der Waals surface area contributed by atoms with Gasteiger partial charge in [-0.15, -0.1) is 0 Å². The van der Waals surface area contributed by atoms with Crippen molar-refractivity contribution in [3.05, 3.63) is 48.5 Å². The predicted octanol–water partition coefficient (Wildman–Crippen LogP) is 2.58. The standard InChI is InChI=1S/C18H16N2O3/c21-18(22)16-9-11(10-19-16)23-17-14-7-2-1-5-12(14)13-6-3-4-8-15(13)20-17/h1-8,11,16,19H,9-10H2,(H,21,22). The fraction of sp³-hybridized carbons (Fsp3) is 0.222. The Bertz CT molecular complexity index is 894. The molecule has 2 aromatic carbocycles. The van der Waals surface area contributed by atoms with Gasteiger partial charge < -0.3 is 15.2 Å². The molecular weight excluding hydrogens is 292 g/mol. The van der Waals surface area contributed by atoms with Crippen molar-refractivity contribution in [1.29, 1.82) is 0 Å². The van der Waals surface area contributed by atoms with Gasteiger partial charge in [0.2, 0.25) is 5.88 Å². The van der Waals surface area contributed by atoms with E-state index in [0.717, 1.165) is 21.7 Å². The number of benzene rings is 2. The van der Waals surface area contributed by atoms with Crippen LogP contribution < -0.4 is 10.1 Å². The van der Waals surface area contributed by atoms with Crippen molar-refractivity contribution in [3.63, 3.8) is 0 Å². The molecule has 1 aliphatic rings. The molecule has 0 amide bonds. The van der Waals surface area contributed by atoms with Gasteiger partial charge in [0, 0.05) is 23.7 Å². The molecule has 1 fully saturated rings. The smallest absolute Gasteiger partial charge is 0.320 e. The fourth-order valence-electron chi connectivity index (χ4n) is 3.10. The van der Waals surface area contributed by atoms with Crippen LogP contribution in [-0.4, -0.2) is 34.8 Å². The number of aliphatic carboxylic acids is 1. The molecule has 5 nitrogen and oxygen atoms in total. The summed E-state index contributed by atoms with van der Waals surface area (Å²) in [6.07, 6.45) is 0.256. The number of ether oxygens (including phenoxy) is 1. The van der Waals surface area contributed by atoms with Gasteiger partial charge in [-0.05, 0) is 17.5 Å². The van der Waals surface area contributed by atoms with Crippen molar-refractivity contribution < 1.29 is 14.6 Å². The number of carboxylic acid groups (broad SMARTS) is 1. The molecule has 23 heavy (non-hydrogen) atoms. The Labute approximate surface area is 132 Å². The highest BCUT2D eigenvalue weighted by molar-refractivity contribution is 6.07. The maximum absolute atomic E-state index is 11.1. The van der Waals surface area contributed by atoms with Crippen LogP contribution in [0, 0.1) is 0 Å². The zero-order chi connectivity index (χ0) is 15.8. The summed E-state index contributed by atoms with van der Waals surface area (Å²) in [7, 11) is 0. The van der Waals surface area contributed by atoms with Gasteiger partial charge in [0.15, 0.2) is 0 Å². The topological polar surface area (TPSA) is 71.5 Å². The molecule has 2 heterocycles.